The Morgan fingerprint density at radius 3 is 1.96 bits per heavy atom. The van der Waals surface area contributed by atoms with Gasteiger partial charge in [-0.05, 0) is 48.7 Å². The van der Waals surface area contributed by atoms with E-state index >= 15 is 0 Å². The number of halogens is 2. The van der Waals surface area contributed by atoms with Crippen molar-refractivity contribution in [2.24, 2.45) is 5.73 Å². The Morgan fingerprint density at radius 1 is 0.768 bits per heavy atom. The normalized spacial score (nSPS) is 13.8. The molecule has 3 aromatic rings. The molecule has 1 aliphatic heterocycles. The molecule has 1 heterocycles. The highest BCUT2D eigenvalue weighted by atomic mass is 35.5. The molecule has 0 bridgehead atoms. The van der Waals surface area contributed by atoms with Crippen molar-refractivity contribution in [1.82, 2.24) is 24.9 Å². The van der Waals surface area contributed by atoms with Gasteiger partial charge in [0.1, 0.15) is 19.2 Å². The first-order chi connectivity index (χ1) is 27.0. The third kappa shape index (κ3) is 13.0. The first-order valence-corrected chi connectivity index (χ1v) is 19.9. The molecule has 15 heteroatoms. The molecule has 0 unspecified atom stereocenters. The van der Waals surface area contributed by atoms with E-state index in [1.54, 1.807) is 59.5 Å². The molecule has 3 N–H and O–H groups in total. The summed E-state index contributed by atoms with van der Waals surface area (Å²) in [6.07, 6.45) is 4.94. The third-order valence-corrected chi connectivity index (χ3v) is 9.77. The predicted octanol–water partition coefficient (Wildman–Crippen LogP) is 7.28. The van der Waals surface area contributed by atoms with Crippen LogP contribution in [0.25, 0.3) is 0 Å². The maximum Gasteiger partial charge on any atom is 0.410 e. The minimum absolute atomic E-state index is 0.0199. The van der Waals surface area contributed by atoms with Crippen LogP contribution in [-0.2, 0) is 20.9 Å². The summed E-state index contributed by atoms with van der Waals surface area (Å²) in [5.74, 6) is -1.30. The molecule has 302 valence electrons. The van der Waals surface area contributed by atoms with E-state index in [4.69, 9.17) is 33.7 Å². The molecule has 3 aromatic carbocycles. The predicted molar refractivity (Wildman–Crippen MR) is 219 cm³/mol. The molecule has 0 saturated carbocycles. The van der Waals surface area contributed by atoms with Crippen LogP contribution in [0.4, 0.5) is 25.8 Å². The zero-order chi connectivity index (χ0) is 40.5. The average molecular weight is 811 g/mol. The number of hydrogen-bond donors (Lipinski definition) is 2. The van der Waals surface area contributed by atoms with Crippen molar-refractivity contribution in [1.29, 1.82) is 0 Å². The Kier molecular flexibility index (Phi) is 17.6. The maximum absolute atomic E-state index is 14.7. The Morgan fingerprint density at radius 2 is 1.38 bits per heavy atom. The smallest absolute Gasteiger partial charge is 0.410 e. The zero-order valence-electron chi connectivity index (χ0n) is 32.2. The second-order valence-electron chi connectivity index (χ2n) is 13.6. The van der Waals surface area contributed by atoms with Crippen molar-refractivity contribution in [2.75, 3.05) is 57.3 Å². The number of nitrogens with two attached hydrogens (primary N) is 1. The second kappa shape index (κ2) is 22.5. The Labute approximate surface area is 339 Å². The summed E-state index contributed by atoms with van der Waals surface area (Å²) in [5, 5.41) is 3.47. The van der Waals surface area contributed by atoms with E-state index in [-0.39, 0.29) is 45.4 Å². The molecule has 56 heavy (non-hydrogen) atoms. The van der Waals surface area contributed by atoms with E-state index in [9.17, 15) is 24.0 Å². The fourth-order valence-corrected chi connectivity index (χ4v) is 6.94. The Balaban J connectivity index is 1.59. The highest BCUT2D eigenvalue weighted by Gasteiger charge is 2.40. The summed E-state index contributed by atoms with van der Waals surface area (Å²) in [7, 11) is 0. The molecule has 1 atom stereocenters. The number of carbonyl (C=O) groups excluding carboxylic acids is 5. The summed E-state index contributed by atoms with van der Waals surface area (Å²) in [6, 6.07) is 20.9. The van der Waals surface area contributed by atoms with Gasteiger partial charge in [-0.25, -0.2) is 14.4 Å². The molecule has 0 aliphatic carbocycles. The van der Waals surface area contributed by atoms with Crippen molar-refractivity contribution < 1.29 is 28.7 Å². The lowest BCUT2D eigenvalue weighted by atomic mass is 10.1. The minimum Gasteiger partial charge on any atom is -0.445 e. The lowest BCUT2D eigenvalue weighted by Crippen LogP contribution is -2.64. The van der Waals surface area contributed by atoms with Crippen molar-refractivity contribution in [3.8, 4) is 0 Å². The largest absolute Gasteiger partial charge is 0.445 e. The van der Waals surface area contributed by atoms with Gasteiger partial charge in [-0.3, -0.25) is 19.4 Å². The van der Waals surface area contributed by atoms with Crippen LogP contribution in [0, 0.1) is 0 Å². The summed E-state index contributed by atoms with van der Waals surface area (Å²) < 4.78 is 5.41. The number of carbonyl (C=O) groups is 5. The number of anilines is 2. The SMILES string of the molecule is CCCCCN(CCCCC)C(=O)N1CCN(C(=O)N(c2ccccc2)c2cc(Cl)cc(Cl)c2)[C@H](C(=O)NCCN(CC(N)=O)C(=O)OCc2ccccc2)C1. The van der Waals surface area contributed by atoms with Gasteiger partial charge >= 0.3 is 18.2 Å². The van der Waals surface area contributed by atoms with E-state index in [1.807, 2.05) is 29.2 Å². The zero-order valence-corrected chi connectivity index (χ0v) is 33.7. The van der Waals surface area contributed by atoms with Gasteiger partial charge in [0.15, 0.2) is 0 Å². The third-order valence-electron chi connectivity index (χ3n) is 9.34. The molecular weight excluding hydrogens is 757 g/mol. The van der Waals surface area contributed by atoms with Crippen LogP contribution >= 0.6 is 23.2 Å². The number of nitrogens with one attached hydrogen (secondary N) is 1. The van der Waals surface area contributed by atoms with Crippen LogP contribution in [0.2, 0.25) is 10.0 Å². The topological polar surface area (TPSA) is 149 Å². The number of urea groups is 2. The van der Waals surface area contributed by atoms with Gasteiger partial charge in [-0.15, -0.1) is 0 Å². The van der Waals surface area contributed by atoms with Crippen LogP contribution in [0.15, 0.2) is 78.9 Å². The van der Waals surface area contributed by atoms with Crippen molar-refractivity contribution in [3.05, 3.63) is 94.5 Å². The van der Waals surface area contributed by atoms with Crippen molar-refractivity contribution in [3.63, 3.8) is 0 Å². The minimum atomic E-state index is -1.12. The molecule has 1 aliphatic rings. The molecule has 0 radical (unpaired) electrons. The van der Waals surface area contributed by atoms with Gasteiger partial charge < -0.3 is 30.5 Å². The molecule has 1 fully saturated rings. The number of rotatable bonds is 18. The van der Waals surface area contributed by atoms with Gasteiger partial charge in [-0.1, -0.05) is 111 Å². The van der Waals surface area contributed by atoms with Crippen LogP contribution in [0.1, 0.15) is 57.9 Å². The number of benzene rings is 3. The number of hydrogen-bond acceptors (Lipinski definition) is 6. The lowest BCUT2D eigenvalue weighted by Gasteiger charge is -2.43. The summed E-state index contributed by atoms with van der Waals surface area (Å²) >= 11 is 12.8. The van der Waals surface area contributed by atoms with E-state index in [2.05, 4.69) is 19.2 Å². The fraction of sp³-hybridized carbons (Fsp3) is 0.439. The average Bonchev–Trinajstić information content (AvgIpc) is 3.19. The molecule has 1 saturated heterocycles. The standard InChI is InChI=1S/C41H53Cl2N7O6/c1-3-5-13-20-46(21-14-6-4-2)39(53)47-23-24-49(40(54)50(34-17-11-8-12-18-34)35-26-32(42)25-33(43)27-35)36(28-47)38(52)45-19-22-48(29-37(44)51)41(55)56-30-31-15-9-7-10-16-31/h7-12,15-18,25-27,36H,3-6,13-14,19-24,28-30H2,1-2H3,(H2,44,51)(H,45,52)/t36-/m0/s1. The van der Waals surface area contributed by atoms with Crippen LogP contribution < -0.4 is 16.0 Å². The van der Waals surface area contributed by atoms with Crippen molar-refractivity contribution in [2.45, 2.75) is 65.0 Å². The van der Waals surface area contributed by atoms with Gasteiger partial charge in [0.2, 0.25) is 11.8 Å². The highest BCUT2D eigenvalue weighted by molar-refractivity contribution is 6.35. The van der Waals surface area contributed by atoms with Crippen molar-refractivity contribution >= 4 is 64.5 Å². The monoisotopic (exact) mass is 809 g/mol. The fourth-order valence-electron chi connectivity index (χ4n) is 6.43. The molecular formula is C41H53Cl2N7O6. The summed E-state index contributed by atoms with van der Waals surface area (Å²) in [5.41, 5.74) is 7.11. The lowest BCUT2D eigenvalue weighted by molar-refractivity contribution is -0.127. The summed E-state index contributed by atoms with van der Waals surface area (Å²) in [4.78, 5) is 75.4. The molecule has 7 amide bonds. The number of primary amides is 1. The maximum atomic E-state index is 14.7. The van der Waals surface area contributed by atoms with Gasteiger partial charge in [0, 0.05) is 49.3 Å². The second-order valence-corrected chi connectivity index (χ2v) is 14.5. The highest BCUT2D eigenvalue weighted by Crippen LogP contribution is 2.33. The quantitative estimate of drug-likeness (QED) is 0.129. The first kappa shape index (κ1) is 43.7. The Hall–Kier alpha value is -5.01. The molecule has 0 spiro atoms. The number of unbranched alkanes of at least 4 members (excludes halogenated alkanes) is 4. The van der Waals surface area contributed by atoms with E-state index < -0.39 is 36.5 Å². The van der Waals surface area contributed by atoms with Crippen LogP contribution in [0.5, 0.6) is 0 Å². The number of amides is 7. The molecule has 0 aromatic heterocycles. The van der Waals surface area contributed by atoms with Gasteiger partial charge in [0.25, 0.3) is 0 Å². The van der Waals surface area contributed by atoms with Gasteiger partial charge in [0.05, 0.1) is 17.9 Å². The number of ether oxygens (including phenoxy) is 1. The van der Waals surface area contributed by atoms with E-state index in [0.717, 1.165) is 49.0 Å². The van der Waals surface area contributed by atoms with Gasteiger partial charge in [-0.2, -0.15) is 0 Å². The molecule has 4 rings (SSSR count). The van der Waals surface area contributed by atoms with E-state index in [1.165, 1.54) is 9.80 Å². The van der Waals surface area contributed by atoms with Crippen LogP contribution in [0.3, 0.4) is 0 Å². The number of para-hydroxylation sites is 1. The number of nitrogens with zero attached hydrogens (tertiary/aromatic N) is 5. The molecule has 13 nitrogen and oxygen atoms in total. The summed E-state index contributed by atoms with van der Waals surface area (Å²) in [6.45, 7) is 4.95. The first-order valence-electron chi connectivity index (χ1n) is 19.2. The number of piperazine rings is 1. The Bertz CT molecular complexity index is 1720. The van der Waals surface area contributed by atoms with E-state index in [0.29, 0.717) is 34.5 Å². The van der Waals surface area contributed by atoms with Crippen LogP contribution in [-0.4, -0.2) is 108 Å².